The van der Waals surface area contributed by atoms with Gasteiger partial charge in [-0.2, -0.15) is 0 Å². The Kier molecular flexibility index (Phi) is 6.19. The molecule has 1 unspecified atom stereocenters. The number of amides is 3. The second kappa shape index (κ2) is 6.94. The number of nitrogens with one attached hydrogen (secondary N) is 1. The van der Waals surface area contributed by atoms with Crippen molar-refractivity contribution in [2.45, 2.75) is 19.3 Å². The maximum atomic E-state index is 11.1. The lowest BCUT2D eigenvalue weighted by Gasteiger charge is -2.05. The topological polar surface area (TPSA) is 98.2 Å². The molecule has 1 fully saturated rings. The Hall–Kier alpha value is -1.52. The van der Waals surface area contributed by atoms with Gasteiger partial charge in [-0.05, 0) is 12.8 Å². The van der Waals surface area contributed by atoms with E-state index in [2.05, 4.69) is 23.4 Å². The third-order valence-electron chi connectivity index (χ3n) is 1.86. The molecule has 1 aliphatic heterocycles. The molecule has 3 amide bonds. The van der Waals surface area contributed by atoms with Gasteiger partial charge in [-0.1, -0.05) is 12.5 Å². The second-order valence-corrected chi connectivity index (χ2v) is 3.03. The van der Waals surface area contributed by atoms with Crippen molar-refractivity contribution in [1.29, 1.82) is 0 Å². The summed E-state index contributed by atoms with van der Waals surface area (Å²) in [4.78, 5) is 20.1. The first-order valence-electron chi connectivity index (χ1n) is 4.53. The molecule has 1 atom stereocenters. The lowest BCUT2D eigenvalue weighted by molar-refractivity contribution is -0.123. The van der Waals surface area contributed by atoms with E-state index in [1.807, 2.05) is 0 Å². The fraction of sp³-hybridized carbons (Fsp3) is 0.556. The van der Waals surface area contributed by atoms with Crippen molar-refractivity contribution in [2.24, 2.45) is 17.4 Å². The van der Waals surface area contributed by atoms with Gasteiger partial charge >= 0.3 is 6.03 Å². The average molecular weight is 199 g/mol. The summed E-state index contributed by atoms with van der Waals surface area (Å²) < 4.78 is 0. The van der Waals surface area contributed by atoms with E-state index < -0.39 is 6.03 Å². The number of carbonyl (C=O) groups excluding carboxylic acids is 2. The van der Waals surface area contributed by atoms with Crippen LogP contribution < -0.4 is 16.8 Å². The van der Waals surface area contributed by atoms with Crippen LogP contribution in [0.5, 0.6) is 0 Å². The van der Waals surface area contributed by atoms with Crippen molar-refractivity contribution >= 4 is 11.9 Å². The van der Waals surface area contributed by atoms with Crippen LogP contribution >= 0.6 is 0 Å². The predicted molar refractivity (Wildman–Crippen MR) is 54.3 cm³/mol. The molecule has 0 aromatic rings. The molecule has 1 saturated heterocycles. The van der Waals surface area contributed by atoms with Crippen LogP contribution in [-0.4, -0.2) is 18.5 Å². The SMILES string of the molecule is C=CC1CCCCNC1=O.NC(N)=O. The monoisotopic (exact) mass is 199 g/mol. The van der Waals surface area contributed by atoms with E-state index in [4.69, 9.17) is 4.79 Å². The summed E-state index contributed by atoms with van der Waals surface area (Å²) in [5.41, 5.74) is 8.50. The molecule has 0 spiro atoms. The number of carbonyl (C=O) groups is 2. The molecule has 0 radical (unpaired) electrons. The van der Waals surface area contributed by atoms with E-state index in [0.717, 1.165) is 25.8 Å². The minimum absolute atomic E-state index is 0.0579. The molecular formula is C9H17N3O2. The van der Waals surface area contributed by atoms with Crippen LogP contribution in [0.2, 0.25) is 0 Å². The standard InChI is InChI=1S/C8H13NO.CH4N2O/c1-2-7-5-3-4-6-9-8(7)10;2-1(3)4/h2,7H,1,3-6H2,(H,9,10);(H4,2,3,4). The van der Waals surface area contributed by atoms with Gasteiger partial charge in [0.05, 0.1) is 5.92 Å². The number of nitrogens with two attached hydrogens (primary N) is 2. The molecule has 5 N–H and O–H groups in total. The van der Waals surface area contributed by atoms with Gasteiger partial charge in [0.2, 0.25) is 5.91 Å². The number of primary amides is 2. The van der Waals surface area contributed by atoms with Gasteiger partial charge in [0.15, 0.2) is 0 Å². The molecule has 0 aliphatic carbocycles. The van der Waals surface area contributed by atoms with Crippen molar-refractivity contribution in [3.63, 3.8) is 0 Å². The fourth-order valence-electron chi connectivity index (χ4n) is 1.19. The van der Waals surface area contributed by atoms with Crippen LogP contribution in [0, 0.1) is 5.92 Å². The van der Waals surface area contributed by atoms with Crippen LogP contribution in [0.1, 0.15) is 19.3 Å². The van der Waals surface area contributed by atoms with Gasteiger partial charge in [0.25, 0.3) is 0 Å². The lowest BCUT2D eigenvalue weighted by Crippen LogP contribution is -2.27. The van der Waals surface area contributed by atoms with Gasteiger partial charge in [-0.3, -0.25) is 4.79 Å². The van der Waals surface area contributed by atoms with E-state index >= 15 is 0 Å². The van der Waals surface area contributed by atoms with Crippen LogP contribution in [0.25, 0.3) is 0 Å². The van der Waals surface area contributed by atoms with Crippen molar-refractivity contribution in [2.75, 3.05) is 6.54 Å². The maximum Gasteiger partial charge on any atom is 0.309 e. The Morgan fingerprint density at radius 3 is 2.57 bits per heavy atom. The summed E-state index contributed by atoms with van der Waals surface area (Å²) in [6.07, 6.45) is 4.95. The summed E-state index contributed by atoms with van der Waals surface area (Å²) in [6.45, 7) is 4.45. The zero-order chi connectivity index (χ0) is 11.0. The Bertz CT molecular complexity index is 212. The number of rotatable bonds is 1. The number of hydrogen-bond acceptors (Lipinski definition) is 2. The van der Waals surface area contributed by atoms with Crippen LogP contribution in [0.4, 0.5) is 4.79 Å². The maximum absolute atomic E-state index is 11.1. The summed E-state index contributed by atoms with van der Waals surface area (Å²) in [5, 5.41) is 2.84. The molecule has 1 aliphatic rings. The largest absolute Gasteiger partial charge is 0.356 e. The quantitative estimate of drug-likeness (QED) is 0.522. The van der Waals surface area contributed by atoms with Crippen LogP contribution in [0.3, 0.4) is 0 Å². The van der Waals surface area contributed by atoms with E-state index in [1.165, 1.54) is 0 Å². The number of urea groups is 1. The highest BCUT2D eigenvalue weighted by molar-refractivity contribution is 5.80. The average Bonchev–Trinajstić information content (AvgIpc) is 2.28. The van der Waals surface area contributed by atoms with Crippen molar-refractivity contribution in [3.8, 4) is 0 Å². The second-order valence-electron chi connectivity index (χ2n) is 3.03. The molecule has 0 bridgehead atoms. The van der Waals surface area contributed by atoms with Gasteiger partial charge in [0, 0.05) is 6.54 Å². The van der Waals surface area contributed by atoms with E-state index in [9.17, 15) is 4.79 Å². The van der Waals surface area contributed by atoms with Crippen LogP contribution in [-0.2, 0) is 4.79 Å². The molecule has 1 rings (SSSR count). The van der Waals surface area contributed by atoms with Gasteiger partial charge in [-0.15, -0.1) is 6.58 Å². The Morgan fingerprint density at radius 2 is 2.07 bits per heavy atom. The third-order valence-corrected chi connectivity index (χ3v) is 1.86. The molecule has 14 heavy (non-hydrogen) atoms. The summed E-state index contributed by atoms with van der Waals surface area (Å²) >= 11 is 0. The van der Waals surface area contributed by atoms with Gasteiger partial charge in [0.1, 0.15) is 0 Å². The fourth-order valence-corrected chi connectivity index (χ4v) is 1.19. The van der Waals surface area contributed by atoms with E-state index in [0.29, 0.717) is 0 Å². The summed E-state index contributed by atoms with van der Waals surface area (Å²) in [7, 11) is 0. The first-order chi connectivity index (χ1) is 6.57. The Balaban J connectivity index is 0.000000364. The van der Waals surface area contributed by atoms with E-state index in [-0.39, 0.29) is 11.8 Å². The molecular weight excluding hydrogens is 182 g/mol. The smallest absolute Gasteiger partial charge is 0.309 e. The minimum atomic E-state index is -0.833. The first kappa shape index (κ1) is 12.5. The third kappa shape index (κ3) is 6.05. The van der Waals surface area contributed by atoms with Gasteiger partial charge in [-0.25, -0.2) is 4.79 Å². The zero-order valence-corrected chi connectivity index (χ0v) is 8.16. The molecule has 80 valence electrons. The lowest BCUT2D eigenvalue weighted by atomic mass is 10.0. The minimum Gasteiger partial charge on any atom is -0.356 e. The highest BCUT2D eigenvalue weighted by atomic mass is 16.2. The highest BCUT2D eigenvalue weighted by Crippen LogP contribution is 2.12. The first-order valence-corrected chi connectivity index (χ1v) is 4.53. The molecule has 0 saturated carbocycles. The van der Waals surface area contributed by atoms with Crippen molar-refractivity contribution < 1.29 is 9.59 Å². The van der Waals surface area contributed by atoms with Gasteiger partial charge < -0.3 is 16.8 Å². The zero-order valence-electron chi connectivity index (χ0n) is 8.16. The van der Waals surface area contributed by atoms with Crippen molar-refractivity contribution in [1.82, 2.24) is 5.32 Å². The van der Waals surface area contributed by atoms with E-state index in [1.54, 1.807) is 6.08 Å². The van der Waals surface area contributed by atoms with Crippen molar-refractivity contribution in [3.05, 3.63) is 12.7 Å². The summed E-state index contributed by atoms with van der Waals surface area (Å²) in [5.74, 6) is 0.204. The molecule has 1 heterocycles. The van der Waals surface area contributed by atoms with Crippen LogP contribution in [0.15, 0.2) is 12.7 Å². The summed E-state index contributed by atoms with van der Waals surface area (Å²) in [6, 6.07) is -0.833. The molecule has 5 heteroatoms. The molecule has 5 nitrogen and oxygen atoms in total. The molecule has 0 aromatic heterocycles. The Labute approximate surface area is 83.5 Å². The molecule has 0 aromatic carbocycles. The predicted octanol–water partition coefficient (Wildman–Crippen LogP) is 0.113. The number of hydrogen-bond donors (Lipinski definition) is 3. The Morgan fingerprint density at radius 1 is 1.50 bits per heavy atom. The normalized spacial score (nSPS) is 20.9. The highest BCUT2D eigenvalue weighted by Gasteiger charge is 2.16.